The molecule has 2 heterocycles. The fourth-order valence-corrected chi connectivity index (χ4v) is 2.92. The van der Waals surface area contributed by atoms with Crippen LogP contribution >= 0.6 is 0 Å². The second kappa shape index (κ2) is 7.60. The molecule has 1 aromatic carbocycles. The number of anilines is 1. The maximum Gasteiger partial charge on any atom is 0.387 e. The molecule has 2 aromatic rings. The summed E-state index contributed by atoms with van der Waals surface area (Å²) in [6.07, 6.45) is 1.35. The van der Waals surface area contributed by atoms with Crippen LogP contribution in [0.5, 0.6) is 11.5 Å². The number of alkyl halides is 2. The monoisotopic (exact) mass is 380 g/mol. The first-order valence-electron chi connectivity index (χ1n) is 8.13. The summed E-state index contributed by atoms with van der Waals surface area (Å²) < 4.78 is 41.5. The first-order chi connectivity index (χ1) is 13.0. The molecular weight excluding hydrogens is 362 g/mol. The Labute approximate surface area is 153 Å². The predicted octanol–water partition coefficient (Wildman–Crippen LogP) is 2.74. The molecule has 1 aliphatic heterocycles. The Morgan fingerprint density at radius 1 is 1.37 bits per heavy atom. The van der Waals surface area contributed by atoms with E-state index in [1.165, 1.54) is 30.3 Å². The first kappa shape index (κ1) is 18.6. The van der Waals surface area contributed by atoms with Crippen LogP contribution in [0.1, 0.15) is 25.5 Å². The van der Waals surface area contributed by atoms with E-state index >= 15 is 0 Å². The number of nitrogens with zero attached hydrogens (tertiary/aromatic N) is 3. The average Bonchev–Trinajstić information content (AvgIpc) is 3.08. The van der Waals surface area contributed by atoms with Gasteiger partial charge >= 0.3 is 12.6 Å². The zero-order chi connectivity index (χ0) is 19.6. The minimum Gasteiger partial charge on any atom is -0.493 e. The van der Waals surface area contributed by atoms with Crippen molar-refractivity contribution in [1.82, 2.24) is 14.8 Å². The van der Waals surface area contributed by atoms with Gasteiger partial charge in [0, 0.05) is 5.70 Å². The number of aromatic nitrogens is 3. The molecule has 8 nitrogen and oxygen atoms in total. The number of fused-ring (bicyclic) bond motifs is 1. The Balaban J connectivity index is 2.10. The highest BCUT2D eigenvalue weighted by Gasteiger charge is 2.34. The van der Waals surface area contributed by atoms with Gasteiger partial charge in [0.15, 0.2) is 11.5 Å². The second-order valence-corrected chi connectivity index (χ2v) is 5.60. The molecule has 0 bridgehead atoms. The standard InChI is InChI=1S/C17H18F2N4O4/c1-4-26-15(24)13-9(2)22-17-20-8-21-23(17)14(13)10-5-6-11(27-16(18)19)12(7-10)25-3/h5-8,14,16H,4H2,1-3H3,(H,20,21,22)/t14-/m0/s1. The number of rotatable bonds is 6. The van der Waals surface area contributed by atoms with E-state index in [4.69, 9.17) is 9.47 Å². The van der Waals surface area contributed by atoms with Gasteiger partial charge in [0.25, 0.3) is 0 Å². The molecule has 144 valence electrons. The van der Waals surface area contributed by atoms with Crippen molar-refractivity contribution in [3.05, 3.63) is 41.4 Å². The summed E-state index contributed by atoms with van der Waals surface area (Å²) >= 11 is 0. The molecule has 1 aromatic heterocycles. The third kappa shape index (κ3) is 3.55. The lowest BCUT2D eigenvalue weighted by Crippen LogP contribution is -2.29. The molecule has 0 fully saturated rings. The summed E-state index contributed by atoms with van der Waals surface area (Å²) in [5, 5.41) is 7.19. The van der Waals surface area contributed by atoms with E-state index in [-0.39, 0.29) is 18.1 Å². The van der Waals surface area contributed by atoms with E-state index in [0.29, 0.717) is 22.8 Å². The van der Waals surface area contributed by atoms with Crippen molar-refractivity contribution < 1.29 is 27.8 Å². The molecule has 1 atom stereocenters. The van der Waals surface area contributed by atoms with Crippen LogP contribution in [0.15, 0.2) is 35.8 Å². The van der Waals surface area contributed by atoms with Gasteiger partial charge in [-0.1, -0.05) is 6.07 Å². The van der Waals surface area contributed by atoms with Crippen molar-refractivity contribution >= 4 is 11.9 Å². The number of hydrogen-bond donors (Lipinski definition) is 1. The van der Waals surface area contributed by atoms with Crippen molar-refractivity contribution in [1.29, 1.82) is 0 Å². The molecule has 27 heavy (non-hydrogen) atoms. The second-order valence-electron chi connectivity index (χ2n) is 5.60. The highest BCUT2D eigenvalue weighted by atomic mass is 19.3. The van der Waals surface area contributed by atoms with Crippen molar-refractivity contribution in [2.45, 2.75) is 26.5 Å². The van der Waals surface area contributed by atoms with Crippen molar-refractivity contribution in [2.24, 2.45) is 0 Å². The Morgan fingerprint density at radius 2 is 2.15 bits per heavy atom. The molecule has 0 amide bonds. The van der Waals surface area contributed by atoms with E-state index in [2.05, 4.69) is 20.1 Å². The number of methoxy groups -OCH3 is 1. The van der Waals surface area contributed by atoms with Gasteiger partial charge in [-0.3, -0.25) is 0 Å². The number of ether oxygens (including phenoxy) is 3. The van der Waals surface area contributed by atoms with Gasteiger partial charge in [-0.2, -0.15) is 18.9 Å². The van der Waals surface area contributed by atoms with Crippen LogP contribution in [-0.4, -0.2) is 41.1 Å². The molecule has 10 heteroatoms. The van der Waals surface area contributed by atoms with Crippen LogP contribution in [0.4, 0.5) is 14.7 Å². The molecule has 0 unspecified atom stereocenters. The van der Waals surface area contributed by atoms with E-state index in [1.807, 2.05) is 0 Å². The first-order valence-corrected chi connectivity index (χ1v) is 8.13. The topological polar surface area (TPSA) is 87.5 Å². The summed E-state index contributed by atoms with van der Waals surface area (Å²) in [6, 6.07) is 3.77. The van der Waals surface area contributed by atoms with Crippen molar-refractivity contribution in [3.8, 4) is 11.5 Å². The average molecular weight is 380 g/mol. The van der Waals surface area contributed by atoms with Crippen LogP contribution in [0.2, 0.25) is 0 Å². The number of carbonyl (C=O) groups excluding carboxylic acids is 1. The third-order valence-electron chi connectivity index (χ3n) is 4.01. The van der Waals surface area contributed by atoms with Crippen LogP contribution < -0.4 is 14.8 Å². The number of nitrogens with one attached hydrogen (secondary N) is 1. The van der Waals surface area contributed by atoms with Gasteiger partial charge in [0.1, 0.15) is 12.4 Å². The fraction of sp³-hybridized carbons (Fsp3) is 0.353. The molecule has 0 saturated carbocycles. The third-order valence-corrected chi connectivity index (χ3v) is 4.01. The van der Waals surface area contributed by atoms with E-state index in [9.17, 15) is 13.6 Å². The Morgan fingerprint density at radius 3 is 2.81 bits per heavy atom. The summed E-state index contributed by atoms with van der Waals surface area (Å²) in [5.74, 6) is -0.0748. The maximum atomic E-state index is 12.6. The van der Waals surface area contributed by atoms with Gasteiger partial charge in [-0.25, -0.2) is 9.48 Å². The lowest BCUT2D eigenvalue weighted by Gasteiger charge is -2.28. The van der Waals surface area contributed by atoms with Crippen LogP contribution in [0.3, 0.4) is 0 Å². The molecule has 0 aliphatic carbocycles. The van der Waals surface area contributed by atoms with E-state index < -0.39 is 18.6 Å². The summed E-state index contributed by atoms with van der Waals surface area (Å²) in [5.41, 5.74) is 1.47. The predicted molar refractivity (Wildman–Crippen MR) is 90.7 cm³/mol. The maximum absolute atomic E-state index is 12.6. The lowest BCUT2D eigenvalue weighted by atomic mass is 9.95. The van der Waals surface area contributed by atoms with Gasteiger partial charge in [0.05, 0.1) is 19.3 Å². The van der Waals surface area contributed by atoms with Crippen LogP contribution in [-0.2, 0) is 9.53 Å². The van der Waals surface area contributed by atoms with Crippen molar-refractivity contribution in [2.75, 3.05) is 19.0 Å². The normalized spacial score (nSPS) is 16.0. The number of allylic oxidation sites excluding steroid dienone is 1. The van der Waals surface area contributed by atoms with Gasteiger partial charge in [-0.05, 0) is 31.5 Å². The summed E-state index contributed by atoms with van der Waals surface area (Å²) in [4.78, 5) is 16.7. The highest BCUT2D eigenvalue weighted by molar-refractivity contribution is 5.92. The molecule has 0 radical (unpaired) electrons. The Kier molecular flexibility index (Phi) is 5.24. The summed E-state index contributed by atoms with van der Waals surface area (Å²) in [6.45, 7) is 0.655. The van der Waals surface area contributed by atoms with E-state index in [0.717, 1.165) is 0 Å². The van der Waals surface area contributed by atoms with Gasteiger partial charge < -0.3 is 19.5 Å². The number of carbonyl (C=O) groups is 1. The molecule has 1 N–H and O–H groups in total. The number of benzene rings is 1. The van der Waals surface area contributed by atoms with Crippen LogP contribution in [0, 0.1) is 0 Å². The summed E-state index contributed by atoms with van der Waals surface area (Å²) in [7, 11) is 1.34. The van der Waals surface area contributed by atoms with Gasteiger partial charge in [-0.15, -0.1) is 0 Å². The highest BCUT2D eigenvalue weighted by Crippen LogP contribution is 2.39. The molecular formula is C17H18F2N4O4. The molecule has 0 saturated heterocycles. The number of halogens is 2. The quantitative estimate of drug-likeness (QED) is 0.771. The number of hydrogen-bond acceptors (Lipinski definition) is 7. The Bertz CT molecular complexity index is 882. The number of esters is 1. The zero-order valence-corrected chi connectivity index (χ0v) is 14.9. The minimum atomic E-state index is -2.98. The Hall–Kier alpha value is -3.17. The largest absolute Gasteiger partial charge is 0.493 e. The minimum absolute atomic E-state index is 0.105. The lowest BCUT2D eigenvalue weighted by molar-refractivity contribution is -0.139. The van der Waals surface area contributed by atoms with Crippen molar-refractivity contribution in [3.63, 3.8) is 0 Å². The fourth-order valence-electron chi connectivity index (χ4n) is 2.92. The molecule has 3 rings (SSSR count). The molecule has 0 spiro atoms. The molecule has 1 aliphatic rings. The van der Waals surface area contributed by atoms with E-state index in [1.54, 1.807) is 19.9 Å². The SMILES string of the molecule is CCOC(=O)C1=C(C)Nc2ncnn2[C@H]1c1ccc(OC(F)F)c(OC)c1. The smallest absolute Gasteiger partial charge is 0.387 e. The zero-order valence-electron chi connectivity index (χ0n) is 14.9. The van der Waals surface area contributed by atoms with Crippen LogP contribution in [0.25, 0.3) is 0 Å². The van der Waals surface area contributed by atoms with Gasteiger partial charge in [0.2, 0.25) is 5.95 Å².